The van der Waals surface area contributed by atoms with Crippen LogP contribution in [0.25, 0.3) is 0 Å². The minimum Gasteiger partial charge on any atom is -0.368 e. The molecule has 1 aliphatic rings. The zero-order chi connectivity index (χ0) is 16.3. The molecule has 1 aliphatic heterocycles. The van der Waals surface area contributed by atoms with Crippen molar-refractivity contribution in [2.75, 3.05) is 29.5 Å². The minimum atomic E-state index is -3.02. The number of hydrogen-bond acceptors (Lipinski definition) is 7. The van der Waals surface area contributed by atoms with Crippen LogP contribution >= 0.6 is 11.8 Å². The summed E-state index contributed by atoms with van der Waals surface area (Å²) < 4.78 is 23.3. The van der Waals surface area contributed by atoms with Gasteiger partial charge < -0.3 is 10.6 Å². The first kappa shape index (κ1) is 17.1. The third-order valence-electron chi connectivity index (χ3n) is 3.34. The number of nitrogens with zero attached hydrogens (tertiary/aromatic N) is 3. The normalized spacial score (nSPS) is 20.4. The third kappa shape index (κ3) is 4.60. The summed E-state index contributed by atoms with van der Waals surface area (Å²) in [6.07, 6.45) is 0.513. The van der Waals surface area contributed by atoms with E-state index in [4.69, 9.17) is 5.73 Å². The number of hydrogen-bond donors (Lipinski definition) is 2. The number of amides is 1. The second-order valence-electron chi connectivity index (χ2n) is 5.79. The highest BCUT2D eigenvalue weighted by molar-refractivity contribution is 7.99. The highest BCUT2D eigenvalue weighted by atomic mass is 32.2. The lowest BCUT2D eigenvalue weighted by Gasteiger charge is -2.29. The Balaban J connectivity index is 2.00. The average molecular weight is 347 g/mol. The number of rotatable bonds is 6. The molecule has 8 nitrogen and oxygen atoms in total. The van der Waals surface area contributed by atoms with Gasteiger partial charge in [-0.1, -0.05) is 25.6 Å². The Morgan fingerprint density at radius 2 is 2.27 bits per heavy atom. The first-order valence-corrected chi connectivity index (χ1v) is 9.88. The van der Waals surface area contributed by atoms with Gasteiger partial charge in [-0.15, -0.1) is 5.10 Å². The van der Waals surface area contributed by atoms with Crippen molar-refractivity contribution in [3.05, 3.63) is 0 Å². The van der Waals surface area contributed by atoms with Crippen LogP contribution in [0.15, 0.2) is 5.16 Å². The van der Waals surface area contributed by atoms with Crippen molar-refractivity contribution in [2.45, 2.75) is 31.5 Å². The first-order chi connectivity index (χ1) is 10.3. The van der Waals surface area contributed by atoms with Crippen LogP contribution in [0.3, 0.4) is 0 Å². The van der Waals surface area contributed by atoms with E-state index in [9.17, 15) is 13.2 Å². The molecule has 1 aromatic rings. The Hall–Kier alpha value is -1.29. The van der Waals surface area contributed by atoms with Crippen molar-refractivity contribution in [1.82, 2.24) is 20.1 Å². The fourth-order valence-corrected chi connectivity index (χ4v) is 4.82. The van der Waals surface area contributed by atoms with E-state index in [-0.39, 0.29) is 41.1 Å². The summed E-state index contributed by atoms with van der Waals surface area (Å²) in [6, 6.07) is -0.224. The molecule has 2 rings (SSSR count). The van der Waals surface area contributed by atoms with Gasteiger partial charge in [-0.2, -0.15) is 4.98 Å². The number of aromatic nitrogens is 3. The second-order valence-corrected chi connectivity index (χ2v) is 8.96. The number of nitrogen functional groups attached to an aromatic ring is 1. The Labute approximate surface area is 134 Å². The molecule has 0 radical (unpaired) electrons. The summed E-state index contributed by atoms with van der Waals surface area (Å²) in [5.74, 6) is 0.769. The summed E-state index contributed by atoms with van der Waals surface area (Å²) in [4.78, 5) is 18.1. The van der Waals surface area contributed by atoms with Crippen molar-refractivity contribution >= 4 is 33.5 Å². The van der Waals surface area contributed by atoms with Gasteiger partial charge in [-0.25, -0.2) is 13.5 Å². The molecule has 1 atom stereocenters. The topological polar surface area (TPSA) is 122 Å². The fourth-order valence-electron chi connectivity index (χ4n) is 2.40. The number of H-pyrrole nitrogens is 1. The van der Waals surface area contributed by atoms with Gasteiger partial charge in [0, 0.05) is 12.6 Å². The van der Waals surface area contributed by atoms with Crippen molar-refractivity contribution in [2.24, 2.45) is 5.92 Å². The molecular formula is C12H21N5O3S2. The molecule has 1 fully saturated rings. The predicted molar refractivity (Wildman–Crippen MR) is 85.1 cm³/mol. The van der Waals surface area contributed by atoms with Gasteiger partial charge >= 0.3 is 0 Å². The Morgan fingerprint density at radius 3 is 2.77 bits per heavy atom. The van der Waals surface area contributed by atoms with Gasteiger partial charge in [-0.05, 0) is 12.3 Å². The predicted octanol–water partition coefficient (Wildman–Crippen LogP) is 0.151. The van der Waals surface area contributed by atoms with Crippen LogP contribution in [0.5, 0.6) is 0 Å². The SMILES string of the molecule is CC(C)CN(C(=O)CSc1n[nH]c(N)n1)[C@H]1CCS(=O)(=O)C1. The highest BCUT2D eigenvalue weighted by Gasteiger charge is 2.34. The zero-order valence-corrected chi connectivity index (χ0v) is 14.3. The zero-order valence-electron chi connectivity index (χ0n) is 12.7. The third-order valence-corrected chi connectivity index (χ3v) is 5.92. The van der Waals surface area contributed by atoms with E-state index in [1.807, 2.05) is 13.8 Å². The largest absolute Gasteiger partial charge is 0.368 e. The van der Waals surface area contributed by atoms with E-state index < -0.39 is 9.84 Å². The number of carbonyl (C=O) groups is 1. The fraction of sp³-hybridized carbons (Fsp3) is 0.750. The van der Waals surface area contributed by atoms with Gasteiger partial charge in [0.1, 0.15) is 0 Å². The van der Waals surface area contributed by atoms with Gasteiger partial charge in [0.05, 0.1) is 17.3 Å². The molecule has 1 aromatic heterocycles. The molecule has 124 valence electrons. The Kier molecular flexibility index (Phi) is 5.32. The molecule has 0 aliphatic carbocycles. The summed E-state index contributed by atoms with van der Waals surface area (Å²) in [6.45, 7) is 4.56. The summed E-state index contributed by atoms with van der Waals surface area (Å²) in [7, 11) is -3.02. The first-order valence-electron chi connectivity index (χ1n) is 7.07. The number of sulfone groups is 1. The highest BCUT2D eigenvalue weighted by Crippen LogP contribution is 2.21. The maximum atomic E-state index is 12.5. The van der Waals surface area contributed by atoms with Crippen LogP contribution in [0.1, 0.15) is 20.3 Å². The molecule has 2 heterocycles. The number of thioether (sulfide) groups is 1. The van der Waals surface area contributed by atoms with Crippen LogP contribution in [-0.4, -0.2) is 64.3 Å². The second kappa shape index (κ2) is 6.86. The van der Waals surface area contributed by atoms with Gasteiger partial charge in [0.2, 0.25) is 17.0 Å². The van der Waals surface area contributed by atoms with Crippen molar-refractivity contribution in [3.63, 3.8) is 0 Å². The number of aromatic amines is 1. The van der Waals surface area contributed by atoms with Crippen LogP contribution in [0, 0.1) is 5.92 Å². The standard InChI is InChI=1S/C12H21N5O3S2/c1-8(2)5-17(9-3-4-22(19,20)7-9)10(18)6-21-12-14-11(13)15-16-12/h8-9H,3-7H2,1-2H3,(H3,13,14,15,16)/t9-/m0/s1. The van der Waals surface area contributed by atoms with E-state index in [0.29, 0.717) is 18.1 Å². The van der Waals surface area contributed by atoms with Crippen LogP contribution < -0.4 is 5.73 Å². The minimum absolute atomic E-state index is 0.0593. The molecule has 22 heavy (non-hydrogen) atoms. The molecular weight excluding hydrogens is 326 g/mol. The number of anilines is 1. The smallest absolute Gasteiger partial charge is 0.233 e. The molecule has 0 spiro atoms. The van der Waals surface area contributed by atoms with Crippen LogP contribution in [0.4, 0.5) is 5.95 Å². The molecule has 1 amide bonds. The molecule has 0 aromatic carbocycles. The summed E-state index contributed by atoms with van der Waals surface area (Å²) in [5, 5.41) is 6.79. The van der Waals surface area contributed by atoms with Crippen molar-refractivity contribution in [3.8, 4) is 0 Å². The van der Waals surface area contributed by atoms with Crippen molar-refractivity contribution < 1.29 is 13.2 Å². The molecule has 1 saturated heterocycles. The quantitative estimate of drug-likeness (QED) is 0.702. The number of nitrogens with one attached hydrogen (secondary N) is 1. The molecule has 0 saturated carbocycles. The molecule has 0 unspecified atom stereocenters. The lowest BCUT2D eigenvalue weighted by molar-refractivity contribution is -0.130. The van der Waals surface area contributed by atoms with E-state index >= 15 is 0 Å². The summed E-state index contributed by atoms with van der Waals surface area (Å²) in [5.41, 5.74) is 5.44. The average Bonchev–Trinajstić information content (AvgIpc) is 2.98. The summed E-state index contributed by atoms with van der Waals surface area (Å²) >= 11 is 1.19. The van der Waals surface area contributed by atoms with E-state index in [1.54, 1.807) is 4.90 Å². The van der Waals surface area contributed by atoms with Crippen LogP contribution in [-0.2, 0) is 14.6 Å². The van der Waals surface area contributed by atoms with E-state index in [1.165, 1.54) is 11.8 Å². The Morgan fingerprint density at radius 1 is 1.55 bits per heavy atom. The van der Waals surface area contributed by atoms with E-state index in [0.717, 1.165) is 0 Å². The van der Waals surface area contributed by atoms with Gasteiger partial charge in [0.15, 0.2) is 9.84 Å². The Bertz CT molecular complexity index is 628. The van der Waals surface area contributed by atoms with Gasteiger partial charge in [-0.3, -0.25) is 4.79 Å². The van der Waals surface area contributed by atoms with Gasteiger partial charge in [0.25, 0.3) is 0 Å². The lowest BCUT2D eigenvalue weighted by Crippen LogP contribution is -2.44. The van der Waals surface area contributed by atoms with Crippen LogP contribution in [0.2, 0.25) is 0 Å². The van der Waals surface area contributed by atoms with E-state index in [2.05, 4.69) is 15.2 Å². The number of carbonyl (C=O) groups excluding carboxylic acids is 1. The number of nitrogens with two attached hydrogens (primary N) is 1. The van der Waals surface area contributed by atoms with Crippen molar-refractivity contribution in [1.29, 1.82) is 0 Å². The maximum Gasteiger partial charge on any atom is 0.233 e. The monoisotopic (exact) mass is 347 g/mol. The maximum absolute atomic E-state index is 12.5. The molecule has 0 bridgehead atoms. The lowest BCUT2D eigenvalue weighted by atomic mass is 10.1. The molecule has 3 N–H and O–H groups in total. The molecule has 10 heteroatoms.